The van der Waals surface area contributed by atoms with Crippen LogP contribution in [0.25, 0.3) is 22.4 Å². The summed E-state index contributed by atoms with van der Waals surface area (Å²) in [7, 11) is 0. The molecule has 4 aromatic rings. The highest BCUT2D eigenvalue weighted by Gasteiger charge is 2.13. The fourth-order valence-electron chi connectivity index (χ4n) is 3.31. The molecule has 0 aliphatic rings. The largest absolute Gasteiger partial charge is 0.487 e. The fraction of sp³-hybridized carbons (Fsp3) is 0.208. The lowest BCUT2D eigenvalue weighted by atomic mass is 10.2. The summed E-state index contributed by atoms with van der Waals surface area (Å²) >= 11 is 6.04. The van der Waals surface area contributed by atoms with E-state index >= 15 is 0 Å². The number of H-pyrrole nitrogens is 1. The molecule has 4 rings (SSSR count). The van der Waals surface area contributed by atoms with Crippen LogP contribution >= 0.6 is 11.6 Å². The van der Waals surface area contributed by atoms with Crippen molar-refractivity contribution in [2.75, 3.05) is 13.1 Å². The molecule has 2 heterocycles. The standard InChI is InChI=1S/C24H24ClN5O2/c1-16(31)27-11-10-26-14-22-21-13-19(15-32-20-9-5-8-18(25)12-20)28-24(21)30-23(29-22)17-6-3-2-4-7-17/h2-9,12-13,26H,10-11,14-15H2,1H3,(H,27,31)(H,28,29,30). The summed E-state index contributed by atoms with van der Waals surface area (Å²) in [5.41, 5.74) is 3.46. The lowest BCUT2D eigenvalue weighted by molar-refractivity contribution is -0.118. The van der Waals surface area contributed by atoms with E-state index in [0.29, 0.717) is 42.8 Å². The van der Waals surface area contributed by atoms with Crippen LogP contribution in [-0.4, -0.2) is 33.9 Å². The first kappa shape index (κ1) is 21.8. The fourth-order valence-corrected chi connectivity index (χ4v) is 3.49. The van der Waals surface area contributed by atoms with Crippen molar-refractivity contribution >= 4 is 28.5 Å². The molecule has 0 radical (unpaired) electrons. The van der Waals surface area contributed by atoms with Crippen LogP contribution in [0.4, 0.5) is 0 Å². The molecule has 0 unspecified atom stereocenters. The Morgan fingerprint density at radius 2 is 1.91 bits per heavy atom. The smallest absolute Gasteiger partial charge is 0.216 e. The van der Waals surface area contributed by atoms with Crippen molar-refractivity contribution in [3.05, 3.63) is 77.1 Å². The molecule has 1 amide bonds. The number of fused-ring (bicyclic) bond motifs is 1. The number of amides is 1. The highest BCUT2D eigenvalue weighted by Crippen LogP contribution is 2.24. The number of carbonyl (C=O) groups excluding carboxylic acids is 1. The predicted molar refractivity (Wildman–Crippen MR) is 125 cm³/mol. The Morgan fingerprint density at radius 3 is 2.69 bits per heavy atom. The summed E-state index contributed by atoms with van der Waals surface area (Å²) in [5.74, 6) is 1.31. The Labute approximate surface area is 191 Å². The highest BCUT2D eigenvalue weighted by atomic mass is 35.5. The normalized spacial score (nSPS) is 10.9. The third-order valence-electron chi connectivity index (χ3n) is 4.81. The summed E-state index contributed by atoms with van der Waals surface area (Å²) in [5, 5.41) is 7.68. The molecule has 0 saturated carbocycles. The molecular formula is C24H24ClN5O2. The molecule has 7 nitrogen and oxygen atoms in total. The van der Waals surface area contributed by atoms with Crippen LogP contribution in [0.3, 0.4) is 0 Å². The van der Waals surface area contributed by atoms with Crippen molar-refractivity contribution in [1.29, 1.82) is 0 Å². The first-order valence-corrected chi connectivity index (χ1v) is 10.7. The SMILES string of the molecule is CC(=O)NCCNCc1nc(-c2ccccc2)nc2[nH]c(COc3cccc(Cl)c3)cc12. The van der Waals surface area contributed by atoms with Crippen LogP contribution in [0, 0.1) is 0 Å². The number of nitrogens with one attached hydrogen (secondary N) is 3. The van der Waals surface area contributed by atoms with Gasteiger partial charge in [-0.2, -0.15) is 0 Å². The van der Waals surface area contributed by atoms with Crippen LogP contribution in [0.5, 0.6) is 5.75 Å². The minimum absolute atomic E-state index is 0.0439. The van der Waals surface area contributed by atoms with Crippen LogP contribution in [0.15, 0.2) is 60.7 Å². The van der Waals surface area contributed by atoms with Crippen molar-refractivity contribution in [1.82, 2.24) is 25.6 Å². The van der Waals surface area contributed by atoms with Crippen LogP contribution in [0.1, 0.15) is 18.3 Å². The van der Waals surface area contributed by atoms with E-state index in [-0.39, 0.29) is 5.91 Å². The number of nitrogens with zero attached hydrogens (tertiary/aromatic N) is 2. The minimum atomic E-state index is -0.0439. The second-order valence-electron chi connectivity index (χ2n) is 7.32. The molecule has 0 aliphatic heterocycles. The number of aromatic nitrogens is 3. The maximum absolute atomic E-state index is 11.1. The first-order valence-electron chi connectivity index (χ1n) is 10.4. The lowest BCUT2D eigenvalue weighted by Gasteiger charge is -2.08. The van der Waals surface area contributed by atoms with Gasteiger partial charge in [0.05, 0.1) is 11.4 Å². The number of carbonyl (C=O) groups is 1. The van der Waals surface area contributed by atoms with E-state index in [0.717, 1.165) is 28.0 Å². The lowest BCUT2D eigenvalue weighted by Crippen LogP contribution is -2.30. The molecule has 32 heavy (non-hydrogen) atoms. The minimum Gasteiger partial charge on any atom is -0.487 e. The summed E-state index contributed by atoms with van der Waals surface area (Å²) in [6.45, 7) is 3.60. The Balaban J connectivity index is 1.57. The molecule has 0 bridgehead atoms. The summed E-state index contributed by atoms with van der Waals surface area (Å²) in [4.78, 5) is 24.0. The third-order valence-corrected chi connectivity index (χ3v) is 5.05. The van der Waals surface area contributed by atoms with E-state index in [1.54, 1.807) is 6.07 Å². The second-order valence-corrected chi connectivity index (χ2v) is 7.76. The number of hydrogen-bond acceptors (Lipinski definition) is 5. The predicted octanol–water partition coefficient (Wildman–Crippen LogP) is 4.08. The molecule has 2 aromatic heterocycles. The second kappa shape index (κ2) is 10.3. The van der Waals surface area contributed by atoms with E-state index in [9.17, 15) is 4.79 Å². The van der Waals surface area contributed by atoms with Gasteiger partial charge in [0, 0.05) is 42.5 Å². The highest BCUT2D eigenvalue weighted by molar-refractivity contribution is 6.30. The molecule has 3 N–H and O–H groups in total. The topological polar surface area (TPSA) is 91.9 Å². The van der Waals surface area contributed by atoms with Gasteiger partial charge in [-0.15, -0.1) is 0 Å². The maximum atomic E-state index is 11.1. The average molecular weight is 450 g/mol. The van der Waals surface area contributed by atoms with Gasteiger partial charge in [0.2, 0.25) is 5.91 Å². The number of aromatic amines is 1. The zero-order valence-electron chi connectivity index (χ0n) is 17.7. The van der Waals surface area contributed by atoms with Gasteiger partial charge in [-0.1, -0.05) is 48.0 Å². The maximum Gasteiger partial charge on any atom is 0.216 e. The molecule has 0 atom stereocenters. The molecule has 164 valence electrons. The van der Waals surface area contributed by atoms with Gasteiger partial charge in [-0.25, -0.2) is 9.97 Å². The van der Waals surface area contributed by atoms with Crippen molar-refractivity contribution in [3.63, 3.8) is 0 Å². The molecule has 0 aliphatic carbocycles. The average Bonchev–Trinajstić information content (AvgIpc) is 3.21. The van der Waals surface area contributed by atoms with Gasteiger partial charge < -0.3 is 20.4 Å². The summed E-state index contributed by atoms with van der Waals surface area (Å²) < 4.78 is 5.87. The Kier molecular flexibility index (Phi) is 6.99. The van der Waals surface area contributed by atoms with E-state index < -0.39 is 0 Å². The van der Waals surface area contributed by atoms with Gasteiger partial charge in [0.25, 0.3) is 0 Å². The van der Waals surface area contributed by atoms with Crippen LogP contribution < -0.4 is 15.4 Å². The van der Waals surface area contributed by atoms with E-state index in [1.165, 1.54) is 6.92 Å². The van der Waals surface area contributed by atoms with Gasteiger partial charge in [0.1, 0.15) is 18.0 Å². The number of rotatable bonds is 9. The van der Waals surface area contributed by atoms with Gasteiger partial charge in [0.15, 0.2) is 5.82 Å². The number of ether oxygens (including phenoxy) is 1. The van der Waals surface area contributed by atoms with Crippen molar-refractivity contribution < 1.29 is 9.53 Å². The van der Waals surface area contributed by atoms with E-state index in [4.69, 9.17) is 26.3 Å². The number of halogens is 1. The van der Waals surface area contributed by atoms with Crippen molar-refractivity contribution in [3.8, 4) is 17.1 Å². The third kappa shape index (κ3) is 5.63. The Morgan fingerprint density at radius 1 is 1.06 bits per heavy atom. The Bertz CT molecular complexity index is 1210. The summed E-state index contributed by atoms with van der Waals surface area (Å²) in [6.07, 6.45) is 0. The summed E-state index contributed by atoms with van der Waals surface area (Å²) in [6, 6.07) is 19.2. The number of benzene rings is 2. The number of hydrogen-bond donors (Lipinski definition) is 3. The monoisotopic (exact) mass is 449 g/mol. The van der Waals surface area contributed by atoms with E-state index in [1.807, 2.05) is 54.6 Å². The molecule has 8 heteroatoms. The molecule has 0 saturated heterocycles. The van der Waals surface area contributed by atoms with Gasteiger partial charge >= 0.3 is 0 Å². The molecule has 0 fully saturated rings. The Hall–Kier alpha value is -3.42. The molecule has 2 aromatic carbocycles. The molecular weight excluding hydrogens is 426 g/mol. The van der Waals surface area contributed by atoms with Crippen molar-refractivity contribution in [2.45, 2.75) is 20.1 Å². The zero-order valence-corrected chi connectivity index (χ0v) is 18.4. The van der Waals surface area contributed by atoms with Gasteiger partial charge in [-0.05, 0) is 24.3 Å². The van der Waals surface area contributed by atoms with Crippen LogP contribution in [-0.2, 0) is 17.9 Å². The molecule has 0 spiro atoms. The quantitative estimate of drug-likeness (QED) is 0.335. The van der Waals surface area contributed by atoms with Crippen LogP contribution in [0.2, 0.25) is 5.02 Å². The van der Waals surface area contributed by atoms with Gasteiger partial charge in [-0.3, -0.25) is 4.79 Å². The van der Waals surface area contributed by atoms with E-state index in [2.05, 4.69) is 15.6 Å². The van der Waals surface area contributed by atoms with Crippen molar-refractivity contribution in [2.24, 2.45) is 0 Å². The zero-order chi connectivity index (χ0) is 22.3. The first-order chi connectivity index (χ1) is 15.6.